The summed E-state index contributed by atoms with van der Waals surface area (Å²) in [6.07, 6.45) is 2.48. The molecule has 2 aliphatic heterocycles. The van der Waals surface area contributed by atoms with E-state index in [1.54, 1.807) is 0 Å². The summed E-state index contributed by atoms with van der Waals surface area (Å²) >= 11 is 0. The molecule has 5 nitrogen and oxygen atoms in total. The van der Waals surface area contributed by atoms with Gasteiger partial charge in [-0.1, -0.05) is 42.5 Å². The molecule has 1 spiro atoms. The zero-order valence-electron chi connectivity index (χ0n) is 19.1. The molecule has 5 rings (SSSR count). The van der Waals surface area contributed by atoms with Gasteiger partial charge in [0.05, 0.1) is 5.41 Å². The third kappa shape index (κ3) is 4.41. The van der Waals surface area contributed by atoms with Crippen LogP contribution in [0.25, 0.3) is 0 Å². The Morgan fingerprint density at radius 3 is 2.52 bits per heavy atom. The lowest BCUT2D eigenvalue weighted by molar-refractivity contribution is -0.130. The molecule has 2 amide bonds. The number of carbonyl (C=O) groups is 2. The first kappa shape index (κ1) is 22.1. The second-order valence-corrected chi connectivity index (χ2v) is 10.0. The third-order valence-corrected chi connectivity index (χ3v) is 7.88. The molecule has 1 aliphatic carbocycles. The van der Waals surface area contributed by atoms with Crippen LogP contribution in [0.4, 0.5) is 4.39 Å². The number of hydrogen-bond acceptors (Lipinski definition) is 3. The van der Waals surface area contributed by atoms with Crippen LogP contribution in [0.5, 0.6) is 0 Å². The molecule has 33 heavy (non-hydrogen) atoms. The fourth-order valence-corrected chi connectivity index (χ4v) is 5.90. The van der Waals surface area contributed by atoms with Gasteiger partial charge in [0.1, 0.15) is 5.82 Å². The maximum Gasteiger partial charge on any atom is 0.227 e. The van der Waals surface area contributed by atoms with Gasteiger partial charge in [-0.3, -0.25) is 9.59 Å². The van der Waals surface area contributed by atoms with E-state index in [4.69, 9.17) is 0 Å². The van der Waals surface area contributed by atoms with Crippen LogP contribution >= 0.6 is 0 Å². The maximum atomic E-state index is 13.4. The highest BCUT2D eigenvalue weighted by Gasteiger charge is 2.52. The largest absolute Gasteiger partial charge is 0.355 e. The third-order valence-electron chi connectivity index (χ3n) is 7.88. The van der Waals surface area contributed by atoms with Crippen molar-refractivity contribution in [2.45, 2.75) is 44.1 Å². The number of nitrogens with one attached hydrogen (secondary N) is 2. The van der Waals surface area contributed by atoms with E-state index in [0.717, 1.165) is 44.5 Å². The quantitative estimate of drug-likeness (QED) is 0.710. The topological polar surface area (TPSA) is 61.4 Å². The van der Waals surface area contributed by atoms with E-state index in [9.17, 15) is 14.0 Å². The number of rotatable bonds is 6. The Kier molecular flexibility index (Phi) is 5.95. The van der Waals surface area contributed by atoms with Crippen LogP contribution in [-0.4, -0.2) is 48.9 Å². The molecule has 4 atom stereocenters. The fourth-order valence-electron chi connectivity index (χ4n) is 5.90. The highest BCUT2D eigenvalue weighted by Crippen LogP contribution is 2.48. The van der Waals surface area contributed by atoms with Crippen molar-refractivity contribution in [3.8, 4) is 0 Å². The minimum absolute atomic E-state index is 0.0638. The standard InChI is InChI=1S/C27H32FN3O2/c1-18(30-25(32)23-15-22(23)19-5-3-2-4-6-19)17-31-13-11-27(12-14-31)24(16-29-26(27)33)20-7-9-21(28)10-8-20/h2-10,18,22-24H,11-17H2,1H3,(H,29,33)(H,30,32)/t18-,22-,23+,24-/m0/s1. The molecular formula is C27H32FN3O2. The van der Waals surface area contributed by atoms with Gasteiger partial charge in [-0.2, -0.15) is 0 Å². The van der Waals surface area contributed by atoms with Gasteiger partial charge in [-0.25, -0.2) is 4.39 Å². The van der Waals surface area contributed by atoms with Crippen molar-refractivity contribution in [1.82, 2.24) is 15.5 Å². The first-order valence-corrected chi connectivity index (χ1v) is 12.1. The van der Waals surface area contributed by atoms with Gasteiger partial charge in [-0.05, 0) is 68.5 Å². The summed E-state index contributed by atoms with van der Waals surface area (Å²) in [5, 5.41) is 6.26. The van der Waals surface area contributed by atoms with Crippen molar-refractivity contribution in [3.63, 3.8) is 0 Å². The molecule has 0 aromatic heterocycles. The monoisotopic (exact) mass is 449 g/mol. The Morgan fingerprint density at radius 2 is 1.82 bits per heavy atom. The molecule has 2 saturated heterocycles. The van der Waals surface area contributed by atoms with Crippen LogP contribution in [-0.2, 0) is 9.59 Å². The van der Waals surface area contributed by atoms with Crippen molar-refractivity contribution in [2.24, 2.45) is 11.3 Å². The summed E-state index contributed by atoms with van der Waals surface area (Å²) in [7, 11) is 0. The van der Waals surface area contributed by atoms with Gasteiger partial charge in [0.2, 0.25) is 11.8 Å². The van der Waals surface area contributed by atoms with E-state index in [1.165, 1.54) is 17.7 Å². The zero-order valence-corrected chi connectivity index (χ0v) is 19.1. The van der Waals surface area contributed by atoms with Crippen LogP contribution in [0.1, 0.15) is 49.1 Å². The summed E-state index contributed by atoms with van der Waals surface area (Å²) in [4.78, 5) is 27.9. The SMILES string of the molecule is C[C@@H](CN1CCC2(CC1)C(=O)NC[C@H]2c1ccc(F)cc1)NC(=O)[C@@H]1C[C@H]1c1ccccc1. The summed E-state index contributed by atoms with van der Waals surface area (Å²) in [6, 6.07) is 16.9. The number of nitrogens with zero attached hydrogens (tertiary/aromatic N) is 1. The van der Waals surface area contributed by atoms with Gasteiger partial charge in [0.15, 0.2) is 0 Å². The summed E-state index contributed by atoms with van der Waals surface area (Å²) in [5.41, 5.74) is 1.86. The second kappa shape index (κ2) is 8.90. The van der Waals surface area contributed by atoms with Crippen LogP contribution in [0.15, 0.2) is 54.6 Å². The number of halogens is 1. The number of hydrogen-bond donors (Lipinski definition) is 2. The highest BCUT2D eigenvalue weighted by atomic mass is 19.1. The Balaban J connectivity index is 1.14. The number of amides is 2. The fraction of sp³-hybridized carbons (Fsp3) is 0.481. The average molecular weight is 450 g/mol. The predicted molar refractivity (Wildman–Crippen MR) is 125 cm³/mol. The summed E-state index contributed by atoms with van der Waals surface area (Å²) < 4.78 is 13.4. The first-order chi connectivity index (χ1) is 16.0. The van der Waals surface area contributed by atoms with Crippen molar-refractivity contribution < 1.29 is 14.0 Å². The van der Waals surface area contributed by atoms with Crippen molar-refractivity contribution >= 4 is 11.8 Å². The molecule has 2 N–H and O–H groups in total. The molecule has 2 aromatic carbocycles. The van der Waals surface area contributed by atoms with E-state index >= 15 is 0 Å². The Bertz CT molecular complexity index is 1000. The van der Waals surface area contributed by atoms with Gasteiger partial charge in [0, 0.05) is 31.0 Å². The lowest BCUT2D eigenvalue weighted by atomic mass is 9.68. The molecule has 6 heteroatoms. The molecule has 1 saturated carbocycles. The van der Waals surface area contributed by atoms with E-state index < -0.39 is 5.41 Å². The highest BCUT2D eigenvalue weighted by molar-refractivity contribution is 5.86. The Labute approximate surface area is 194 Å². The second-order valence-electron chi connectivity index (χ2n) is 10.0. The minimum atomic E-state index is -0.419. The molecule has 174 valence electrons. The molecule has 0 radical (unpaired) electrons. The van der Waals surface area contributed by atoms with Gasteiger partial charge >= 0.3 is 0 Å². The summed E-state index contributed by atoms with van der Waals surface area (Å²) in [6.45, 7) is 5.10. The first-order valence-electron chi connectivity index (χ1n) is 12.1. The van der Waals surface area contributed by atoms with Crippen LogP contribution in [0.2, 0.25) is 0 Å². The lowest BCUT2D eigenvalue weighted by Gasteiger charge is -2.41. The molecular weight excluding hydrogens is 417 g/mol. The predicted octanol–water partition coefficient (Wildman–Crippen LogP) is 3.43. The van der Waals surface area contributed by atoms with Crippen molar-refractivity contribution in [1.29, 1.82) is 0 Å². The van der Waals surface area contributed by atoms with E-state index in [0.29, 0.717) is 12.5 Å². The number of piperidine rings is 1. The van der Waals surface area contributed by atoms with E-state index in [-0.39, 0.29) is 35.5 Å². The number of benzene rings is 2. The van der Waals surface area contributed by atoms with Crippen molar-refractivity contribution in [2.75, 3.05) is 26.2 Å². The maximum absolute atomic E-state index is 13.4. The molecule has 2 aromatic rings. The molecule has 0 unspecified atom stereocenters. The smallest absolute Gasteiger partial charge is 0.227 e. The van der Waals surface area contributed by atoms with Gasteiger partial charge in [0.25, 0.3) is 0 Å². The molecule has 0 bridgehead atoms. The van der Waals surface area contributed by atoms with Gasteiger partial charge in [-0.15, -0.1) is 0 Å². The molecule has 2 heterocycles. The Hall–Kier alpha value is -2.73. The van der Waals surface area contributed by atoms with E-state index in [2.05, 4.69) is 34.6 Å². The van der Waals surface area contributed by atoms with Crippen LogP contribution in [0, 0.1) is 17.2 Å². The van der Waals surface area contributed by atoms with Crippen molar-refractivity contribution in [3.05, 3.63) is 71.5 Å². The van der Waals surface area contributed by atoms with Crippen LogP contribution in [0.3, 0.4) is 0 Å². The minimum Gasteiger partial charge on any atom is -0.355 e. The number of likely N-dealkylation sites (tertiary alicyclic amines) is 1. The number of carbonyl (C=O) groups excluding carboxylic acids is 2. The zero-order chi connectivity index (χ0) is 23.0. The molecule has 3 aliphatic rings. The normalized spacial score (nSPS) is 27.2. The average Bonchev–Trinajstić information content (AvgIpc) is 3.57. The molecule has 3 fully saturated rings. The van der Waals surface area contributed by atoms with Gasteiger partial charge < -0.3 is 15.5 Å². The lowest BCUT2D eigenvalue weighted by Crippen LogP contribution is -2.50. The summed E-state index contributed by atoms with van der Waals surface area (Å²) in [5.74, 6) is 0.525. The van der Waals surface area contributed by atoms with E-state index in [1.807, 2.05) is 30.3 Å². The Morgan fingerprint density at radius 1 is 1.12 bits per heavy atom. The van der Waals surface area contributed by atoms with Crippen LogP contribution < -0.4 is 10.6 Å².